The average molecular weight is 331 g/mol. The third-order valence-electron chi connectivity index (χ3n) is 5.22. The van der Waals surface area contributed by atoms with Crippen LogP contribution < -0.4 is 0 Å². The smallest absolute Gasteiger partial charge is 0.230 e. The van der Waals surface area contributed by atoms with E-state index in [9.17, 15) is 9.59 Å². The summed E-state index contributed by atoms with van der Waals surface area (Å²) in [7, 11) is 1.65. The van der Waals surface area contributed by atoms with Gasteiger partial charge in [0.15, 0.2) is 0 Å². The van der Waals surface area contributed by atoms with Crippen molar-refractivity contribution in [2.24, 2.45) is 5.41 Å². The number of pyridine rings is 1. The third kappa shape index (κ3) is 3.43. The maximum Gasteiger partial charge on any atom is 0.230 e. The molecule has 0 aliphatic carbocycles. The van der Waals surface area contributed by atoms with Crippen LogP contribution in [0.3, 0.4) is 0 Å². The van der Waals surface area contributed by atoms with Crippen LogP contribution in [0.5, 0.6) is 0 Å². The van der Waals surface area contributed by atoms with Crippen LogP contribution in [-0.2, 0) is 20.7 Å². The van der Waals surface area contributed by atoms with Crippen LogP contribution in [0.2, 0.25) is 0 Å². The zero-order chi connectivity index (χ0) is 17.0. The van der Waals surface area contributed by atoms with E-state index < -0.39 is 0 Å². The van der Waals surface area contributed by atoms with Crippen molar-refractivity contribution in [1.29, 1.82) is 0 Å². The van der Waals surface area contributed by atoms with Crippen LogP contribution in [0, 0.1) is 5.41 Å². The summed E-state index contributed by atoms with van der Waals surface area (Å²) >= 11 is 0. The zero-order valence-electron chi connectivity index (χ0n) is 14.2. The molecular weight excluding hydrogens is 306 g/mol. The molecule has 1 spiro atoms. The number of aromatic nitrogens is 1. The monoisotopic (exact) mass is 331 g/mol. The van der Waals surface area contributed by atoms with Crippen molar-refractivity contribution in [3.63, 3.8) is 0 Å². The number of hydrogen-bond donors (Lipinski definition) is 0. The van der Waals surface area contributed by atoms with E-state index in [2.05, 4.69) is 4.98 Å². The van der Waals surface area contributed by atoms with E-state index in [0.29, 0.717) is 39.1 Å². The van der Waals surface area contributed by atoms with Crippen LogP contribution in [0.4, 0.5) is 0 Å². The number of nitrogens with zero attached hydrogens (tertiary/aromatic N) is 3. The summed E-state index contributed by atoms with van der Waals surface area (Å²) < 4.78 is 5.07. The molecular formula is C18H25N3O3. The van der Waals surface area contributed by atoms with Crippen LogP contribution in [0.25, 0.3) is 0 Å². The summed E-state index contributed by atoms with van der Waals surface area (Å²) in [4.78, 5) is 33.0. The largest absolute Gasteiger partial charge is 0.383 e. The quantitative estimate of drug-likeness (QED) is 0.783. The van der Waals surface area contributed by atoms with Crippen molar-refractivity contribution in [3.05, 3.63) is 30.1 Å². The maximum absolute atomic E-state index is 12.7. The van der Waals surface area contributed by atoms with Gasteiger partial charge in [0.2, 0.25) is 11.8 Å². The highest BCUT2D eigenvalue weighted by Crippen LogP contribution is 2.40. The van der Waals surface area contributed by atoms with Gasteiger partial charge < -0.3 is 14.5 Å². The number of methoxy groups -OCH3 is 1. The molecule has 6 heteroatoms. The second-order valence-corrected chi connectivity index (χ2v) is 6.74. The van der Waals surface area contributed by atoms with Gasteiger partial charge in [-0.25, -0.2) is 0 Å². The second kappa shape index (κ2) is 7.30. The van der Waals surface area contributed by atoms with Crippen LogP contribution >= 0.6 is 0 Å². The second-order valence-electron chi connectivity index (χ2n) is 6.74. The lowest BCUT2D eigenvalue weighted by atomic mass is 9.85. The van der Waals surface area contributed by atoms with Crippen molar-refractivity contribution in [2.45, 2.75) is 25.7 Å². The van der Waals surface area contributed by atoms with Gasteiger partial charge in [-0.3, -0.25) is 14.6 Å². The minimum absolute atomic E-state index is 0.138. The van der Waals surface area contributed by atoms with E-state index in [1.807, 2.05) is 21.9 Å². The van der Waals surface area contributed by atoms with Crippen molar-refractivity contribution in [2.75, 3.05) is 39.9 Å². The molecule has 2 saturated heterocycles. The highest BCUT2D eigenvalue weighted by Gasteiger charge is 2.51. The number of ether oxygens (including phenoxy) is 1. The lowest BCUT2D eigenvalue weighted by Gasteiger charge is -2.23. The Hall–Kier alpha value is -1.95. The molecule has 2 aliphatic heterocycles. The molecule has 130 valence electrons. The first-order chi connectivity index (χ1) is 11.6. The summed E-state index contributed by atoms with van der Waals surface area (Å²) in [5, 5.41) is 0. The Morgan fingerprint density at radius 1 is 1.38 bits per heavy atom. The predicted molar refractivity (Wildman–Crippen MR) is 89.3 cm³/mol. The minimum Gasteiger partial charge on any atom is -0.383 e. The van der Waals surface area contributed by atoms with E-state index in [1.54, 1.807) is 19.5 Å². The van der Waals surface area contributed by atoms with Gasteiger partial charge in [-0.2, -0.15) is 0 Å². The van der Waals surface area contributed by atoms with E-state index >= 15 is 0 Å². The Balaban J connectivity index is 1.53. The lowest BCUT2D eigenvalue weighted by Crippen LogP contribution is -2.39. The molecule has 1 atom stereocenters. The Morgan fingerprint density at radius 2 is 2.21 bits per heavy atom. The topological polar surface area (TPSA) is 62.7 Å². The fourth-order valence-corrected chi connectivity index (χ4v) is 3.73. The van der Waals surface area contributed by atoms with Crippen molar-refractivity contribution >= 4 is 11.8 Å². The third-order valence-corrected chi connectivity index (χ3v) is 5.22. The fraction of sp³-hybridized carbons (Fsp3) is 0.611. The molecule has 1 aromatic heterocycles. The van der Waals surface area contributed by atoms with E-state index in [1.165, 1.54) is 0 Å². The first kappa shape index (κ1) is 16.9. The number of carbonyl (C=O) groups is 2. The number of hydrogen-bond acceptors (Lipinski definition) is 4. The number of aryl methyl sites for hydroxylation is 1. The van der Waals surface area contributed by atoms with Gasteiger partial charge in [0, 0.05) is 52.1 Å². The summed E-state index contributed by atoms with van der Waals surface area (Å²) in [5.41, 5.74) is 0.722. The highest BCUT2D eigenvalue weighted by atomic mass is 16.5. The first-order valence-electron chi connectivity index (χ1n) is 8.60. The standard InChI is InChI=1S/C18H25N3O3/c1-24-12-11-20-9-6-18(17(20)23)7-10-21(14-18)16(22)5-4-15-3-2-8-19-13-15/h2-3,8,13H,4-7,9-12,14H2,1H3. The molecule has 24 heavy (non-hydrogen) atoms. The number of amides is 2. The van der Waals surface area contributed by atoms with Gasteiger partial charge in [-0.1, -0.05) is 6.07 Å². The van der Waals surface area contributed by atoms with Gasteiger partial charge in [-0.05, 0) is 30.9 Å². The summed E-state index contributed by atoms with van der Waals surface area (Å²) in [5.74, 6) is 0.334. The lowest BCUT2D eigenvalue weighted by molar-refractivity contribution is -0.136. The van der Waals surface area contributed by atoms with Crippen LogP contribution in [0.1, 0.15) is 24.8 Å². The van der Waals surface area contributed by atoms with Crippen molar-refractivity contribution < 1.29 is 14.3 Å². The van der Waals surface area contributed by atoms with Crippen LogP contribution in [0.15, 0.2) is 24.5 Å². The fourth-order valence-electron chi connectivity index (χ4n) is 3.73. The van der Waals surface area contributed by atoms with Crippen molar-refractivity contribution in [3.8, 4) is 0 Å². The molecule has 0 saturated carbocycles. The Kier molecular flexibility index (Phi) is 5.14. The van der Waals surface area contributed by atoms with E-state index in [0.717, 1.165) is 24.9 Å². The maximum atomic E-state index is 12.7. The van der Waals surface area contributed by atoms with Gasteiger partial charge in [0.05, 0.1) is 12.0 Å². The molecule has 2 fully saturated rings. The van der Waals surface area contributed by atoms with Gasteiger partial charge in [0.25, 0.3) is 0 Å². The van der Waals surface area contributed by atoms with Gasteiger partial charge in [-0.15, -0.1) is 0 Å². The normalized spacial score (nSPS) is 23.5. The highest BCUT2D eigenvalue weighted by molar-refractivity contribution is 5.87. The molecule has 3 heterocycles. The molecule has 0 aromatic carbocycles. The minimum atomic E-state index is -0.350. The predicted octanol–water partition coefficient (Wildman–Crippen LogP) is 1.11. The SMILES string of the molecule is COCCN1CCC2(CCN(C(=O)CCc3cccnc3)C2)C1=O. The number of carbonyl (C=O) groups excluding carboxylic acids is 2. The molecule has 6 nitrogen and oxygen atoms in total. The molecule has 0 radical (unpaired) electrons. The first-order valence-corrected chi connectivity index (χ1v) is 8.60. The van der Waals surface area contributed by atoms with Crippen LogP contribution in [-0.4, -0.2) is 66.5 Å². The molecule has 2 aliphatic rings. The Labute approximate surface area is 142 Å². The Bertz CT molecular complexity index is 592. The summed E-state index contributed by atoms with van der Waals surface area (Å²) in [6.07, 6.45) is 6.34. The van der Waals surface area contributed by atoms with Crippen molar-refractivity contribution in [1.82, 2.24) is 14.8 Å². The van der Waals surface area contributed by atoms with Gasteiger partial charge in [0.1, 0.15) is 0 Å². The summed E-state index contributed by atoms with van der Waals surface area (Å²) in [6.45, 7) is 3.25. The average Bonchev–Trinajstić information content (AvgIpc) is 3.18. The molecule has 2 amide bonds. The molecule has 3 rings (SSSR count). The van der Waals surface area contributed by atoms with E-state index in [-0.39, 0.29) is 17.2 Å². The Morgan fingerprint density at radius 3 is 2.96 bits per heavy atom. The molecule has 0 N–H and O–H groups in total. The number of rotatable bonds is 6. The molecule has 1 unspecified atom stereocenters. The molecule has 1 aromatic rings. The zero-order valence-corrected chi connectivity index (χ0v) is 14.2. The van der Waals surface area contributed by atoms with Gasteiger partial charge >= 0.3 is 0 Å². The number of likely N-dealkylation sites (tertiary alicyclic amines) is 2. The molecule has 0 bridgehead atoms. The van der Waals surface area contributed by atoms with E-state index in [4.69, 9.17) is 4.74 Å². The summed E-state index contributed by atoms with van der Waals surface area (Å²) in [6, 6.07) is 3.87.